The number of aryl methyl sites for hydroxylation is 2. The highest BCUT2D eigenvalue weighted by atomic mass is 32.1. The summed E-state index contributed by atoms with van der Waals surface area (Å²) in [6.45, 7) is 4.31. The van der Waals surface area contributed by atoms with Gasteiger partial charge in [0.1, 0.15) is 5.00 Å². The van der Waals surface area contributed by atoms with Crippen LogP contribution in [0.4, 0.5) is 5.00 Å². The van der Waals surface area contributed by atoms with E-state index in [1.807, 2.05) is 13.0 Å². The van der Waals surface area contributed by atoms with Gasteiger partial charge in [0, 0.05) is 15.9 Å². The molecule has 1 aliphatic carbocycles. The van der Waals surface area contributed by atoms with Gasteiger partial charge in [-0.25, -0.2) is 9.79 Å². The van der Waals surface area contributed by atoms with Gasteiger partial charge >= 0.3 is 5.97 Å². The third-order valence-electron chi connectivity index (χ3n) is 5.90. The van der Waals surface area contributed by atoms with E-state index in [0.717, 1.165) is 58.0 Å². The van der Waals surface area contributed by atoms with Crippen molar-refractivity contribution in [1.29, 1.82) is 0 Å². The zero-order valence-corrected chi connectivity index (χ0v) is 20.5. The molecule has 6 heteroatoms. The molecule has 0 amide bonds. The first kappa shape index (κ1) is 21.9. The van der Waals surface area contributed by atoms with Crippen molar-refractivity contribution in [3.8, 4) is 16.9 Å². The van der Waals surface area contributed by atoms with Crippen molar-refractivity contribution in [3.63, 3.8) is 0 Å². The molecule has 4 nitrogen and oxygen atoms in total. The lowest BCUT2D eigenvalue weighted by molar-refractivity contribution is 0.0526. The molecule has 0 bridgehead atoms. The number of carbonyl (C=O) groups excluding carboxylic acids is 1. The average molecular weight is 475 g/mol. The summed E-state index contributed by atoms with van der Waals surface area (Å²) in [5.74, 6) is -0.252. The van der Waals surface area contributed by atoms with Gasteiger partial charge in [-0.1, -0.05) is 48.0 Å². The highest BCUT2D eigenvalue weighted by Crippen LogP contribution is 2.40. The van der Waals surface area contributed by atoms with E-state index in [9.17, 15) is 4.79 Å². The number of carbonyl (C=O) groups is 1. The average Bonchev–Trinajstić information content (AvgIpc) is 3.42. The maximum absolute atomic E-state index is 12.9. The molecule has 0 spiro atoms. The van der Waals surface area contributed by atoms with Crippen LogP contribution in [0.15, 0.2) is 65.0 Å². The molecule has 0 N–H and O–H groups in total. The normalized spacial score (nSPS) is 13.7. The standard InChI is InChI=1S/C27H26N2O2S2/c1-3-31-26(30)24-21-11-7-8-12-23(21)33-25(24)28-27-29(20-15-13-18(2)14-16-20)22(17-32-27)19-9-5-4-6-10-19/h4-6,9-10,13-17H,3,7-8,11-12H2,1-2H3/b28-27-. The largest absolute Gasteiger partial charge is 0.462 e. The summed E-state index contributed by atoms with van der Waals surface area (Å²) in [6.07, 6.45) is 4.21. The summed E-state index contributed by atoms with van der Waals surface area (Å²) in [7, 11) is 0. The van der Waals surface area contributed by atoms with Crippen LogP contribution in [0.3, 0.4) is 0 Å². The number of benzene rings is 2. The molecule has 1 aliphatic rings. The smallest absolute Gasteiger partial charge is 0.341 e. The number of rotatable bonds is 5. The van der Waals surface area contributed by atoms with Crippen LogP contribution in [0.5, 0.6) is 0 Å². The molecule has 2 aromatic heterocycles. The Labute approximate surface area is 201 Å². The second-order valence-corrected chi connectivity index (χ2v) is 10.1. The number of esters is 1. The Balaban J connectivity index is 1.73. The number of fused-ring (bicyclic) bond motifs is 1. The Morgan fingerprint density at radius 2 is 1.82 bits per heavy atom. The minimum atomic E-state index is -0.252. The molecule has 4 aromatic rings. The van der Waals surface area contributed by atoms with Gasteiger partial charge < -0.3 is 4.74 Å². The predicted octanol–water partition coefficient (Wildman–Crippen LogP) is 6.86. The fourth-order valence-corrected chi connectivity index (χ4v) is 6.49. The van der Waals surface area contributed by atoms with Crippen LogP contribution in [0.1, 0.15) is 46.1 Å². The van der Waals surface area contributed by atoms with Crippen LogP contribution >= 0.6 is 22.7 Å². The second kappa shape index (κ2) is 9.49. The molecule has 0 saturated heterocycles. The van der Waals surface area contributed by atoms with Gasteiger partial charge in [-0.15, -0.1) is 22.7 Å². The van der Waals surface area contributed by atoms with E-state index in [1.165, 1.54) is 10.4 Å². The molecule has 5 rings (SSSR count). The number of thiazole rings is 1. The second-order valence-electron chi connectivity index (χ2n) is 8.16. The lowest BCUT2D eigenvalue weighted by atomic mass is 9.95. The molecule has 0 saturated carbocycles. The van der Waals surface area contributed by atoms with Crippen molar-refractivity contribution in [1.82, 2.24) is 4.57 Å². The van der Waals surface area contributed by atoms with Crippen molar-refractivity contribution >= 4 is 33.6 Å². The van der Waals surface area contributed by atoms with Crippen LogP contribution in [0.25, 0.3) is 16.9 Å². The van der Waals surface area contributed by atoms with Gasteiger partial charge in [0.15, 0.2) is 4.80 Å². The Hall–Kier alpha value is -2.96. The van der Waals surface area contributed by atoms with Crippen molar-refractivity contribution in [2.45, 2.75) is 39.5 Å². The first-order valence-electron chi connectivity index (χ1n) is 11.3. The summed E-state index contributed by atoms with van der Waals surface area (Å²) in [5, 5.41) is 2.91. The minimum Gasteiger partial charge on any atom is -0.462 e. The van der Waals surface area contributed by atoms with Crippen LogP contribution in [0.2, 0.25) is 0 Å². The van der Waals surface area contributed by atoms with Crippen LogP contribution in [-0.2, 0) is 17.6 Å². The van der Waals surface area contributed by atoms with Crippen LogP contribution in [0, 0.1) is 6.92 Å². The van der Waals surface area contributed by atoms with Crippen molar-refractivity contribution in [3.05, 3.63) is 86.3 Å². The fraction of sp³-hybridized carbons (Fsp3) is 0.259. The Morgan fingerprint density at radius 1 is 1.06 bits per heavy atom. The Bertz CT molecular complexity index is 1350. The fourth-order valence-electron chi connectivity index (χ4n) is 4.27. The van der Waals surface area contributed by atoms with E-state index < -0.39 is 0 Å². The molecular weight excluding hydrogens is 448 g/mol. The van der Waals surface area contributed by atoms with E-state index >= 15 is 0 Å². The first-order valence-corrected chi connectivity index (χ1v) is 13.0. The maximum Gasteiger partial charge on any atom is 0.341 e. The molecule has 2 aromatic carbocycles. The highest BCUT2D eigenvalue weighted by Gasteiger charge is 2.26. The van der Waals surface area contributed by atoms with Crippen molar-refractivity contribution < 1.29 is 9.53 Å². The van der Waals surface area contributed by atoms with Gasteiger partial charge in [0.2, 0.25) is 0 Å². The summed E-state index contributed by atoms with van der Waals surface area (Å²) in [5.41, 5.74) is 6.30. The summed E-state index contributed by atoms with van der Waals surface area (Å²) in [4.78, 5) is 20.2. The van der Waals surface area contributed by atoms with Gasteiger partial charge in [-0.2, -0.15) is 0 Å². The van der Waals surface area contributed by atoms with Crippen molar-refractivity contribution in [2.24, 2.45) is 4.99 Å². The number of aromatic nitrogens is 1. The monoisotopic (exact) mass is 474 g/mol. The predicted molar refractivity (Wildman–Crippen MR) is 136 cm³/mol. The maximum atomic E-state index is 12.9. The summed E-state index contributed by atoms with van der Waals surface area (Å²) < 4.78 is 7.63. The molecule has 33 heavy (non-hydrogen) atoms. The number of nitrogens with zero attached hydrogens (tertiary/aromatic N) is 2. The van der Waals surface area contributed by atoms with Gasteiger partial charge in [0.25, 0.3) is 0 Å². The molecule has 2 heterocycles. The molecular formula is C27H26N2O2S2. The van der Waals surface area contributed by atoms with Crippen LogP contribution in [-0.4, -0.2) is 17.1 Å². The zero-order chi connectivity index (χ0) is 22.8. The first-order chi connectivity index (χ1) is 16.2. The Kier molecular flexibility index (Phi) is 6.29. The van der Waals surface area contributed by atoms with E-state index in [1.54, 1.807) is 22.7 Å². The number of hydrogen-bond acceptors (Lipinski definition) is 5. The van der Waals surface area contributed by atoms with E-state index in [2.05, 4.69) is 65.4 Å². The van der Waals surface area contributed by atoms with Gasteiger partial charge in [-0.3, -0.25) is 4.57 Å². The molecule has 0 atom stereocenters. The molecule has 0 fully saturated rings. The molecule has 168 valence electrons. The third-order valence-corrected chi connectivity index (χ3v) is 7.91. The van der Waals surface area contributed by atoms with Gasteiger partial charge in [-0.05, 0) is 62.8 Å². The van der Waals surface area contributed by atoms with Gasteiger partial charge in [0.05, 0.1) is 17.9 Å². The highest BCUT2D eigenvalue weighted by molar-refractivity contribution is 7.16. The summed E-state index contributed by atoms with van der Waals surface area (Å²) >= 11 is 3.24. The topological polar surface area (TPSA) is 43.6 Å². The number of hydrogen-bond donors (Lipinski definition) is 0. The summed E-state index contributed by atoms with van der Waals surface area (Å²) in [6, 6.07) is 18.8. The molecule has 0 radical (unpaired) electrons. The Morgan fingerprint density at radius 3 is 2.58 bits per heavy atom. The SMILES string of the molecule is CCOC(=O)c1c(/N=c2\scc(-c3ccccc3)n2-c2ccc(C)cc2)sc2c1CCCC2. The zero-order valence-electron chi connectivity index (χ0n) is 18.8. The quantitative estimate of drug-likeness (QED) is 0.296. The minimum absolute atomic E-state index is 0.252. The van der Waals surface area contributed by atoms with E-state index in [-0.39, 0.29) is 5.97 Å². The van der Waals surface area contributed by atoms with Crippen molar-refractivity contribution in [2.75, 3.05) is 6.61 Å². The molecule has 0 unspecified atom stereocenters. The number of ether oxygens (including phenoxy) is 1. The lowest BCUT2D eigenvalue weighted by Gasteiger charge is -2.12. The third kappa shape index (κ3) is 4.33. The lowest BCUT2D eigenvalue weighted by Crippen LogP contribution is -2.14. The molecule has 0 aliphatic heterocycles. The van der Waals surface area contributed by atoms with E-state index in [0.29, 0.717) is 12.2 Å². The number of thiophene rings is 1. The van der Waals surface area contributed by atoms with E-state index in [4.69, 9.17) is 9.73 Å². The van der Waals surface area contributed by atoms with Crippen LogP contribution < -0.4 is 4.80 Å².